The van der Waals surface area contributed by atoms with Gasteiger partial charge in [0.05, 0.1) is 6.04 Å². The lowest BCUT2D eigenvalue weighted by Crippen LogP contribution is -2.58. The van der Waals surface area contributed by atoms with E-state index < -0.39 is 60.3 Å². The Kier molecular flexibility index (Phi) is 11.6. The first kappa shape index (κ1) is 27.3. The summed E-state index contributed by atoms with van der Waals surface area (Å²) >= 11 is 0. The Morgan fingerprint density at radius 3 is 1.80 bits per heavy atom. The summed E-state index contributed by atoms with van der Waals surface area (Å²) in [6.07, 6.45) is 0.299. The molecule has 0 rings (SSSR count). The average molecular weight is 430 g/mol. The van der Waals surface area contributed by atoms with Crippen LogP contribution in [-0.2, 0) is 24.0 Å². The molecule has 4 atom stereocenters. The molecular formula is C19H35N5O6. The molecule has 7 N–H and O–H groups in total. The van der Waals surface area contributed by atoms with Gasteiger partial charge in [-0.1, -0.05) is 27.7 Å². The van der Waals surface area contributed by atoms with E-state index in [1.165, 1.54) is 13.8 Å². The van der Waals surface area contributed by atoms with Gasteiger partial charge in [-0.05, 0) is 32.1 Å². The Morgan fingerprint density at radius 2 is 1.37 bits per heavy atom. The summed E-state index contributed by atoms with van der Waals surface area (Å²) in [5.41, 5.74) is 5.54. The maximum absolute atomic E-state index is 12.7. The number of carboxylic acids is 1. The Labute approximate surface area is 176 Å². The Bertz CT molecular complexity index is 635. The first-order valence-corrected chi connectivity index (χ1v) is 9.92. The molecule has 0 spiro atoms. The number of aliphatic carboxylic acids is 1. The molecule has 11 nitrogen and oxygen atoms in total. The van der Waals surface area contributed by atoms with E-state index in [1.807, 2.05) is 13.8 Å². The molecule has 0 aliphatic carbocycles. The van der Waals surface area contributed by atoms with Crippen molar-refractivity contribution < 1.29 is 29.1 Å². The SMILES string of the molecule is CC(C)C[C@H](NC(=O)[C@@H](NC(=O)[C@H](C)N)C(C)C)C(=O)N[C@@H](C)C(=O)NCC(=O)O. The summed E-state index contributed by atoms with van der Waals surface area (Å²) < 4.78 is 0. The van der Waals surface area contributed by atoms with Crippen molar-refractivity contribution in [3.8, 4) is 0 Å². The van der Waals surface area contributed by atoms with Gasteiger partial charge in [0.2, 0.25) is 23.6 Å². The molecule has 0 aliphatic heterocycles. The van der Waals surface area contributed by atoms with E-state index in [-0.39, 0.29) is 11.8 Å². The van der Waals surface area contributed by atoms with Crippen LogP contribution in [0.2, 0.25) is 0 Å². The van der Waals surface area contributed by atoms with Crippen LogP contribution in [0.25, 0.3) is 0 Å². The molecule has 0 fully saturated rings. The minimum atomic E-state index is -1.21. The van der Waals surface area contributed by atoms with Crippen LogP contribution in [0, 0.1) is 11.8 Å². The molecule has 0 saturated carbocycles. The van der Waals surface area contributed by atoms with Crippen LogP contribution in [0.15, 0.2) is 0 Å². The fourth-order valence-electron chi connectivity index (χ4n) is 2.48. The van der Waals surface area contributed by atoms with Gasteiger partial charge in [0.25, 0.3) is 0 Å². The number of hydrogen-bond acceptors (Lipinski definition) is 6. The first-order valence-electron chi connectivity index (χ1n) is 9.92. The lowest BCUT2D eigenvalue weighted by Gasteiger charge is -2.27. The molecule has 0 aromatic rings. The van der Waals surface area contributed by atoms with Gasteiger partial charge in [-0.2, -0.15) is 0 Å². The average Bonchev–Trinajstić information content (AvgIpc) is 2.61. The second-order valence-electron chi connectivity index (χ2n) is 8.05. The number of amides is 4. The van der Waals surface area contributed by atoms with E-state index in [0.29, 0.717) is 6.42 Å². The van der Waals surface area contributed by atoms with Crippen LogP contribution in [-0.4, -0.2) is 65.4 Å². The van der Waals surface area contributed by atoms with Crippen molar-refractivity contribution in [1.29, 1.82) is 0 Å². The first-order chi connectivity index (χ1) is 13.8. The van der Waals surface area contributed by atoms with Crippen molar-refractivity contribution in [3.05, 3.63) is 0 Å². The zero-order chi connectivity index (χ0) is 23.6. The number of rotatable bonds is 12. The fourth-order valence-corrected chi connectivity index (χ4v) is 2.48. The summed E-state index contributed by atoms with van der Waals surface area (Å²) in [6.45, 7) is 9.57. The molecule has 0 heterocycles. The summed E-state index contributed by atoms with van der Waals surface area (Å²) in [5.74, 6) is -3.69. The third-order valence-corrected chi connectivity index (χ3v) is 4.17. The van der Waals surface area contributed by atoms with Gasteiger partial charge in [-0.25, -0.2) is 0 Å². The van der Waals surface area contributed by atoms with Crippen LogP contribution in [0.4, 0.5) is 0 Å². The van der Waals surface area contributed by atoms with E-state index in [0.717, 1.165) is 0 Å². The van der Waals surface area contributed by atoms with Gasteiger partial charge in [0.1, 0.15) is 24.7 Å². The van der Waals surface area contributed by atoms with Gasteiger partial charge in [0, 0.05) is 0 Å². The van der Waals surface area contributed by atoms with Gasteiger partial charge < -0.3 is 32.1 Å². The number of nitrogens with one attached hydrogen (secondary N) is 4. The lowest BCUT2D eigenvalue weighted by atomic mass is 9.99. The minimum absolute atomic E-state index is 0.0494. The number of carbonyl (C=O) groups excluding carboxylic acids is 4. The fraction of sp³-hybridized carbons (Fsp3) is 0.737. The van der Waals surface area contributed by atoms with Crippen molar-refractivity contribution in [1.82, 2.24) is 21.3 Å². The number of carboxylic acid groups (broad SMARTS) is 1. The highest BCUT2D eigenvalue weighted by Crippen LogP contribution is 2.08. The maximum atomic E-state index is 12.7. The molecule has 4 amide bonds. The Balaban J connectivity index is 5.22. The van der Waals surface area contributed by atoms with Gasteiger partial charge in [-0.3, -0.25) is 24.0 Å². The largest absolute Gasteiger partial charge is 0.480 e. The van der Waals surface area contributed by atoms with Gasteiger partial charge in [-0.15, -0.1) is 0 Å². The van der Waals surface area contributed by atoms with Gasteiger partial charge in [0.15, 0.2) is 0 Å². The monoisotopic (exact) mass is 429 g/mol. The van der Waals surface area contributed by atoms with Crippen LogP contribution >= 0.6 is 0 Å². The zero-order valence-electron chi connectivity index (χ0n) is 18.4. The van der Waals surface area contributed by atoms with E-state index in [2.05, 4.69) is 21.3 Å². The summed E-state index contributed by atoms with van der Waals surface area (Å²) in [4.78, 5) is 59.8. The Hall–Kier alpha value is -2.69. The molecule has 172 valence electrons. The second-order valence-corrected chi connectivity index (χ2v) is 8.05. The topological polar surface area (TPSA) is 180 Å². The minimum Gasteiger partial charge on any atom is -0.480 e. The normalized spacial score (nSPS) is 15.0. The van der Waals surface area contributed by atoms with Crippen molar-refractivity contribution in [3.63, 3.8) is 0 Å². The Morgan fingerprint density at radius 1 is 0.800 bits per heavy atom. The van der Waals surface area contributed by atoms with Crippen LogP contribution in [0.5, 0.6) is 0 Å². The van der Waals surface area contributed by atoms with Crippen LogP contribution < -0.4 is 27.0 Å². The molecule has 0 unspecified atom stereocenters. The third-order valence-electron chi connectivity index (χ3n) is 4.17. The lowest BCUT2D eigenvalue weighted by molar-refractivity contribution is -0.138. The number of nitrogens with two attached hydrogens (primary N) is 1. The van der Waals surface area contributed by atoms with Crippen LogP contribution in [0.1, 0.15) is 48.0 Å². The highest BCUT2D eigenvalue weighted by atomic mass is 16.4. The molecule has 0 radical (unpaired) electrons. The summed E-state index contributed by atoms with van der Waals surface area (Å²) in [6, 6.07) is -3.62. The molecule has 11 heteroatoms. The molecule has 30 heavy (non-hydrogen) atoms. The van der Waals surface area contributed by atoms with E-state index in [1.54, 1.807) is 13.8 Å². The summed E-state index contributed by atoms with van der Waals surface area (Å²) in [7, 11) is 0. The second kappa shape index (κ2) is 12.8. The molecule has 0 saturated heterocycles. The number of carbonyl (C=O) groups is 5. The van der Waals surface area contributed by atoms with Crippen LogP contribution in [0.3, 0.4) is 0 Å². The standard InChI is InChI=1S/C19H35N5O6/c1-9(2)7-13(18(29)22-12(6)17(28)21-8-14(25)26)23-19(30)15(10(3)4)24-16(27)11(5)20/h9-13,15H,7-8,20H2,1-6H3,(H,21,28)(H,22,29)(H,23,30)(H,24,27)(H,25,26)/t11-,12-,13-,15-/m0/s1. The third kappa shape index (κ3) is 10.2. The van der Waals surface area contributed by atoms with E-state index >= 15 is 0 Å². The van der Waals surface area contributed by atoms with Crippen molar-refractivity contribution in [2.75, 3.05) is 6.54 Å². The van der Waals surface area contributed by atoms with Crippen molar-refractivity contribution in [2.24, 2.45) is 17.6 Å². The molecule has 0 aromatic heterocycles. The molecule has 0 bridgehead atoms. The molecule has 0 aliphatic rings. The smallest absolute Gasteiger partial charge is 0.322 e. The highest BCUT2D eigenvalue weighted by Gasteiger charge is 2.30. The van der Waals surface area contributed by atoms with Crippen molar-refractivity contribution >= 4 is 29.6 Å². The predicted molar refractivity (Wildman–Crippen MR) is 110 cm³/mol. The van der Waals surface area contributed by atoms with Crippen molar-refractivity contribution in [2.45, 2.75) is 72.1 Å². The molecule has 0 aromatic carbocycles. The molecular weight excluding hydrogens is 394 g/mol. The number of hydrogen-bond donors (Lipinski definition) is 6. The summed E-state index contributed by atoms with van der Waals surface area (Å²) in [5, 5.41) is 18.5. The predicted octanol–water partition coefficient (Wildman–Crippen LogP) is -1.29. The van der Waals surface area contributed by atoms with Gasteiger partial charge >= 0.3 is 5.97 Å². The zero-order valence-corrected chi connectivity index (χ0v) is 18.4. The van der Waals surface area contributed by atoms with E-state index in [4.69, 9.17) is 10.8 Å². The highest BCUT2D eigenvalue weighted by molar-refractivity contribution is 5.95. The van der Waals surface area contributed by atoms with E-state index in [9.17, 15) is 24.0 Å². The maximum Gasteiger partial charge on any atom is 0.322 e. The quantitative estimate of drug-likeness (QED) is 0.223.